The number of hydrogen-bond acceptors (Lipinski definition) is 5. The number of benzene rings is 2. The number of carbonyl (C=O) groups excluding carboxylic acids is 1. The molecule has 1 aromatic heterocycles. The summed E-state index contributed by atoms with van der Waals surface area (Å²) in [6, 6.07) is 10.8. The van der Waals surface area contributed by atoms with Gasteiger partial charge in [-0.25, -0.2) is 0 Å². The van der Waals surface area contributed by atoms with Crippen LogP contribution in [0.25, 0.3) is 11.0 Å². The number of carbonyl (C=O) groups is 1. The molecule has 0 atom stereocenters. The van der Waals surface area contributed by atoms with Gasteiger partial charge in [-0.3, -0.25) is 14.4 Å². The number of aromatic nitrogens is 2. The second-order valence-corrected chi connectivity index (χ2v) is 7.91. The predicted octanol–water partition coefficient (Wildman–Crippen LogP) is 1.91. The van der Waals surface area contributed by atoms with E-state index < -0.39 is 11.1 Å². The third-order valence-electron chi connectivity index (χ3n) is 5.54. The van der Waals surface area contributed by atoms with Crippen LogP contribution < -0.4 is 21.3 Å². The second kappa shape index (κ2) is 8.56. The maximum atomic E-state index is 12.8. The average molecular weight is 443 g/mol. The molecule has 1 aliphatic rings. The third-order valence-corrected chi connectivity index (χ3v) is 5.91. The first kappa shape index (κ1) is 21.1. The zero-order chi connectivity index (χ0) is 22.1. The Bertz CT molecular complexity index is 1270. The molecule has 3 aromatic rings. The van der Waals surface area contributed by atoms with E-state index in [9.17, 15) is 14.4 Å². The summed E-state index contributed by atoms with van der Waals surface area (Å²) in [6.45, 7) is 2.44. The van der Waals surface area contributed by atoms with Gasteiger partial charge >= 0.3 is 11.1 Å². The third kappa shape index (κ3) is 4.08. The molecular weight excluding hydrogens is 420 g/mol. The SMILES string of the molecule is Cn1c(=O)c(=O)n(C)c2cc(N3CCOCC3)c(NC(=O)Cc3ccccc3Cl)cc21. The van der Waals surface area contributed by atoms with E-state index >= 15 is 0 Å². The van der Waals surface area contributed by atoms with Crippen molar-refractivity contribution < 1.29 is 9.53 Å². The van der Waals surface area contributed by atoms with Gasteiger partial charge in [-0.2, -0.15) is 0 Å². The molecule has 0 spiro atoms. The largest absolute Gasteiger partial charge is 0.378 e. The van der Waals surface area contributed by atoms with Crippen molar-refractivity contribution in [2.75, 3.05) is 36.5 Å². The number of nitrogens with one attached hydrogen (secondary N) is 1. The normalized spacial score (nSPS) is 14.1. The highest BCUT2D eigenvalue weighted by Crippen LogP contribution is 2.31. The van der Waals surface area contributed by atoms with Gasteiger partial charge in [-0.1, -0.05) is 29.8 Å². The summed E-state index contributed by atoms with van der Waals surface area (Å²) in [6.07, 6.45) is 0.118. The molecule has 0 radical (unpaired) electrons. The molecule has 0 saturated carbocycles. The van der Waals surface area contributed by atoms with E-state index in [0.717, 1.165) is 11.3 Å². The molecule has 1 fully saturated rings. The van der Waals surface area contributed by atoms with Crippen LogP contribution >= 0.6 is 11.6 Å². The van der Waals surface area contributed by atoms with Crippen LogP contribution in [0, 0.1) is 0 Å². The van der Waals surface area contributed by atoms with Gasteiger partial charge in [0.25, 0.3) is 0 Å². The van der Waals surface area contributed by atoms with Crippen molar-refractivity contribution in [3.8, 4) is 0 Å². The van der Waals surface area contributed by atoms with Gasteiger partial charge in [0.2, 0.25) is 5.91 Å². The average Bonchev–Trinajstić information content (AvgIpc) is 2.78. The molecule has 4 rings (SSSR count). The Hall–Kier alpha value is -3.10. The fourth-order valence-corrected chi connectivity index (χ4v) is 3.99. The molecule has 1 aliphatic heterocycles. The number of ether oxygens (including phenoxy) is 1. The molecule has 1 saturated heterocycles. The van der Waals surface area contributed by atoms with E-state index in [-0.39, 0.29) is 12.3 Å². The van der Waals surface area contributed by atoms with Crippen molar-refractivity contribution in [1.29, 1.82) is 0 Å². The van der Waals surface area contributed by atoms with E-state index in [2.05, 4.69) is 10.2 Å². The molecule has 9 heteroatoms. The Morgan fingerprint density at radius 2 is 1.65 bits per heavy atom. The number of halogens is 1. The van der Waals surface area contributed by atoms with E-state index in [0.29, 0.717) is 48.0 Å². The van der Waals surface area contributed by atoms with Crippen molar-refractivity contribution in [2.45, 2.75) is 6.42 Å². The van der Waals surface area contributed by atoms with Crippen LogP contribution in [0.2, 0.25) is 5.02 Å². The minimum absolute atomic E-state index is 0.118. The van der Waals surface area contributed by atoms with Gasteiger partial charge < -0.3 is 24.1 Å². The number of rotatable bonds is 4. The molecule has 8 nitrogen and oxygen atoms in total. The van der Waals surface area contributed by atoms with Crippen molar-refractivity contribution in [3.63, 3.8) is 0 Å². The highest BCUT2D eigenvalue weighted by Gasteiger charge is 2.20. The van der Waals surface area contributed by atoms with Crippen molar-refractivity contribution >= 4 is 39.9 Å². The van der Waals surface area contributed by atoms with E-state index in [1.165, 1.54) is 9.13 Å². The van der Waals surface area contributed by atoms with Gasteiger partial charge in [-0.15, -0.1) is 0 Å². The number of morpholine rings is 1. The van der Waals surface area contributed by atoms with E-state index in [4.69, 9.17) is 16.3 Å². The monoisotopic (exact) mass is 442 g/mol. The summed E-state index contributed by atoms with van der Waals surface area (Å²) >= 11 is 6.20. The highest BCUT2D eigenvalue weighted by molar-refractivity contribution is 6.31. The van der Waals surface area contributed by atoms with E-state index in [1.807, 2.05) is 24.3 Å². The summed E-state index contributed by atoms with van der Waals surface area (Å²) in [7, 11) is 3.13. The quantitative estimate of drug-likeness (QED) is 0.624. The molecule has 0 aliphatic carbocycles. The van der Waals surface area contributed by atoms with Gasteiger partial charge in [-0.05, 0) is 23.8 Å². The van der Waals surface area contributed by atoms with Crippen LogP contribution in [0.15, 0.2) is 46.0 Å². The number of amides is 1. The summed E-state index contributed by atoms with van der Waals surface area (Å²) in [5.41, 5.74) is 2.01. The molecule has 31 heavy (non-hydrogen) atoms. The lowest BCUT2D eigenvalue weighted by Crippen LogP contribution is -2.40. The summed E-state index contributed by atoms with van der Waals surface area (Å²) < 4.78 is 8.11. The number of fused-ring (bicyclic) bond motifs is 1. The van der Waals surface area contributed by atoms with Crippen molar-refractivity contribution in [2.24, 2.45) is 14.1 Å². The smallest absolute Gasteiger partial charge is 0.316 e. The van der Waals surface area contributed by atoms with Crippen LogP contribution in [0.5, 0.6) is 0 Å². The van der Waals surface area contributed by atoms with Gasteiger partial charge in [0.1, 0.15) is 0 Å². The lowest BCUT2D eigenvalue weighted by molar-refractivity contribution is -0.115. The maximum Gasteiger partial charge on any atom is 0.316 e. The van der Waals surface area contributed by atoms with Crippen LogP contribution in [-0.4, -0.2) is 41.3 Å². The number of anilines is 2. The fourth-order valence-electron chi connectivity index (χ4n) is 3.78. The second-order valence-electron chi connectivity index (χ2n) is 7.50. The fraction of sp³-hybridized carbons (Fsp3) is 0.318. The first-order valence-corrected chi connectivity index (χ1v) is 10.3. The summed E-state index contributed by atoms with van der Waals surface area (Å²) in [4.78, 5) is 39.5. The number of nitrogens with zero attached hydrogens (tertiary/aromatic N) is 3. The minimum Gasteiger partial charge on any atom is -0.378 e. The first-order valence-electron chi connectivity index (χ1n) is 9.96. The standard InChI is InChI=1S/C22H23ClN4O4/c1-25-18-12-16(24-20(28)11-14-5-3-4-6-15(14)23)17(27-7-9-31-10-8-27)13-19(18)26(2)22(30)21(25)29/h3-6,12-13H,7-11H2,1-2H3,(H,24,28). The summed E-state index contributed by atoms with van der Waals surface area (Å²) in [5.74, 6) is -0.225. The Kier molecular flexibility index (Phi) is 5.84. The maximum absolute atomic E-state index is 12.8. The Labute approximate surface area is 183 Å². The molecule has 0 unspecified atom stereocenters. The Morgan fingerprint density at radius 3 is 2.29 bits per heavy atom. The van der Waals surface area contributed by atoms with Crippen LogP contribution in [0.1, 0.15) is 5.56 Å². The molecule has 1 amide bonds. The number of hydrogen-bond donors (Lipinski definition) is 1. The zero-order valence-corrected chi connectivity index (χ0v) is 18.1. The molecule has 2 aromatic carbocycles. The van der Waals surface area contributed by atoms with Gasteiger partial charge in [0, 0.05) is 32.2 Å². The van der Waals surface area contributed by atoms with Gasteiger partial charge in [0.05, 0.1) is 42.0 Å². The number of aryl methyl sites for hydroxylation is 2. The minimum atomic E-state index is -0.623. The van der Waals surface area contributed by atoms with Crippen LogP contribution in [-0.2, 0) is 30.0 Å². The molecular formula is C22H23ClN4O4. The van der Waals surface area contributed by atoms with Crippen molar-refractivity contribution in [1.82, 2.24) is 9.13 Å². The lowest BCUT2D eigenvalue weighted by atomic mass is 10.1. The highest BCUT2D eigenvalue weighted by atomic mass is 35.5. The molecule has 162 valence electrons. The Balaban J connectivity index is 1.79. The summed E-state index contributed by atoms with van der Waals surface area (Å²) in [5, 5.41) is 3.50. The van der Waals surface area contributed by atoms with Gasteiger partial charge in [0.15, 0.2) is 0 Å². The molecule has 0 bridgehead atoms. The van der Waals surface area contributed by atoms with Crippen molar-refractivity contribution in [3.05, 3.63) is 67.7 Å². The first-order chi connectivity index (χ1) is 14.9. The van der Waals surface area contributed by atoms with E-state index in [1.54, 1.807) is 26.2 Å². The molecule has 2 heterocycles. The van der Waals surface area contributed by atoms with Crippen LogP contribution in [0.4, 0.5) is 11.4 Å². The Morgan fingerprint density at radius 1 is 1.03 bits per heavy atom. The predicted molar refractivity (Wildman–Crippen MR) is 121 cm³/mol. The topological polar surface area (TPSA) is 85.6 Å². The lowest BCUT2D eigenvalue weighted by Gasteiger charge is -2.31. The zero-order valence-electron chi connectivity index (χ0n) is 17.4. The van der Waals surface area contributed by atoms with Crippen LogP contribution in [0.3, 0.4) is 0 Å². The molecule has 1 N–H and O–H groups in total.